The number of benzene rings is 1. The first kappa shape index (κ1) is 16.9. The molecule has 2 heterocycles. The molecule has 0 unspecified atom stereocenters. The summed E-state index contributed by atoms with van der Waals surface area (Å²) >= 11 is 5.98. The fourth-order valence-corrected chi connectivity index (χ4v) is 2.51. The lowest BCUT2D eigenvalue weighted by Crippen LogP contribution is -2.11. The quantitative estimate of drug-likeness (QED) is 0.684. The van der Waals surface area contributed by atoms with Crippen molar-refractivity contribution in [1.29, 1.82) is 0 Å². The van der Waals surface area contributed by atoms with E-state index in [1.165, 1.54) is 12.1 Å². The van der Waals surface area contributed by atoms with E-state index in [1.807, 2.05) is 12.1 Å². The lowest BCUT2D eigenvalue weighted by molar-refractivity contribution is 0.1000. The van der Waals surface area contributed by atoms with Gasteiger partial charge in [0.2, 0.25) is 5.91 Å². The molecule has 1 aromatic carbocycles. The van der Waals surface area contributed by atoms with Gasteiger partial charge >= 0.3 is 0 Å². The molecule has 0 radical (unpaired) electrons. The van der Waals surface area contributed by atoms with Gasteiger partial charge in [-0.05, 0) is 42.0 Å². The van der Waals surface area contributed by atoms with Gasteiger partial charge in [-0.25, -0.2) is 9.37 Å². The van der Waals surface area contributed by atoms with Gasteiger partial charge in [-0.2, -0.15) is 0 Å². The average molecular weight is 357 g/mol. The topological polar surface area (TPSA) is 80.9 Å². The summed E-state index contributed by atoms with van der Waals surface area (Å²) in [6, 6.07) is 11.1. The van der Waals surface area contributed by atoms with Gasteiger partial charge in [-0.1, -0.05) is 17.7 Å². The van der Waals surface area contributed by atoms with Crippen LogP contribution in [0.2, 0.25) is 5.15 Å². The fraction of sp³-hybridized carbons (Fsp3) is 0.0556. The monoisotopic (exact) mass is 356 g/mol. The van der Waals surface area contributed by atoms with Gasteiger partial charge in [0.25, 0.3) is 0 Å². The van der Waals surface area contributed by atoms with Crippen molar-refractivity contribution in [3.05, 3.63) is 77.0 Å². The molecule has 0 aliphatic heterocycles. The molecule has 2 aromatic heterocycles. The highest BCUT2D eigenvalue weighted by atomic mass is 35.5. The van der Waals surface area contributed by atoms with Crippen molar-refractivity contribution in [2.24, 2.45) is 5.73 Å². The molecule has 3 aromatic rings. The van der Waals surface area contributed by atoms with Gasteiger partial charge in [0, 0.05) is 35.6 Å². The van der Waals surface area contributed by atoms with Crippen molar-refractivity contribution in [2.45, 2.75) is 6.54 Å². The number of nitrogens with two attached hydrogens (primary N) is 1. The van der Waals surface area contributed by atoms with Crippen molar-refractivity contribution in [3.63, 3.8) is 0 Å². The Bertz CT molecular complexity index is 918. The van der Waals surface area contributed by atoms with E-state index in [9.17, 15) is 9.18 Å². The van der Waals surface area contributed by atoms with E-state index in [-0.39, 0.29) is 10.7 Å². The summed E-state index contributed by atoms with van der Waals surface area (Å²) in [5, 5.41) is 3.44. The van der Waals surface area contributed by atoms with E-state index in [0.717, 1.165) is 11.6 Å². The van der Waals surface area contributed by atoms with E-state index in [4.69, 9.17) is 17.3 Å². The summed E-state index contributed by atoms with van der Waals surface area (Å²) in [5.74, 6) is -0.807. The number of nitrogens with zero attached hydrogens (tertiary/aromatic N) is 2. The molecule has 126 valence electrons. The molecule has 0 atom stereocenters. The van der Waals surface area contributed by atoms with E-state index in [0.29, 0.717) is 23.5 Å². The number of carbonyl (C=O) groups is 1. The molecule has 0 aliphatic rings. The van der Waals surface area contributed by atoms with E-state index in [2.05, 4.69) is 15.3 Å². The SMILES string of the molecule is NC(=O)c1ccc(-c2ccc(Cl)nc2NCc2ccncc2)c(F)c1. The van der Waals surface area contributed by atoms with Crippen LogP contribution in [0.25, 0.3) is 11.1 Å². The first-order chi connectivity index (χ1) is 12.0. The first-order valence-corrected chi connectivity index (χ1v) is 7.81. The summed E-state index contributed by atoms with van der Waals surface area (Å²) in [4.78, 5) is 19.4. The minimum Gasteiger partial charge on any atom is -0.366 e. The maximum Gasteiger partial charge on any atom is 0.248 e. The second kappa shape index (κ2) is 7.27. The second-order valence-corrected chi connectivity index (χ2v) is 5.69. The lowest BCUT2D eigenvalue weighted by atomic mass is 10.0. The standard InChI is InChI=1S/C18H14ClFN4O/c19-16-4-3-14(13-2-1-12(17(21)25)9-15(13)20)18(24-16)23-10-11-5-7-22-8-6-11/h1-9H,10H2,(H2,21,25)(H,23,24). The Morgan fingerprint density at radius 3 is 2.52 bits per heavy atom. The third kappa shape index (κ3) is 3.92. The molecule has 0 saturated carbocycles. The fourth-order valence-electron chi connectivity index (χ4n) is 2.36. The second-order valence-electron chi connectivity index (χ2n) is 5.30. The summed E-state index contributed by atoms with van der Waals surface area (Å²) in [6.45, 7) is 0.476. The van der Waals surface area contributed by atoms with Crippen molar-refractivity contribution < 1.29 is 9.18 Å². The normalized spacial score (nSPS) is 10.5. The minimum absolute atomic E-state index is 0.106. The zero-order chi connectivity index (χ0) is 17.8. The summed E-state index contributed by atoms with van der Waals surface area (Å²) < 4.78 is 14.4. The highest BCUT2D eigenvalue weighted by molar-refractivity contribution is 6.29. The number of primary amides is 1. The molecule has 0 spiro atoms. The van der Waals surface area contributed by atoms with Gasteiger partial charge in [-0.15, -0.1) is 0 Å². The molecule has 0 bridgehead atoms. The van der Waals surface area contributed by atoms with Gasteiger partial charge in [-0.3, -0.25) is 9.78 Å². The smallest absolute Gasteiger partial charge is 0.248 e. The maximum atomic E-state index is 14.4. The van der Waals surface area contributed by atoms with Crippen LogP contribution in [-0.2, 0) is 6.54 Å². The number of pyridine rings is 2. The number of rotatable bonds is 5. The first-order valence-electron chi connectivity index (χ1n) is 7.43. The summed E-state index contributed by atoms with van der Waals surface area (Å²) in [5.41, 5.74) is 7.11. The van der Waals surface area contributed by atoms with Gasteiger partial charge in [0.15, 0.2) is 0 Å². The zero-order valence-electron chi connectivity index (χ0n) is 13.0. The van der Waals surface area contributed by atoms with Gasteiger partial charge in [0.05, 0.1) is 0 Å². The van der Waals surface area contributed by atoms with Crippen LogP contribution in [0.1, 0.15) is 15.9 Å². The molecule has 3 N–H and O–H groups in total. The predicted octanol–water partition coefficient (Wildman–Crippen LogP) is 3.65. The summed E-state index contributed by atoms with van der Waals surface area (Å²) in [7, 11) is 0. The molecule has 1 amide bonds. The highest BCUT2D eigenvalue weighted by Crippen LogP contribution is 2.31. The van der Waals surface area contributed by atoms with E-state index < -0.39 is 11.7 Å². The Morgan fingerprint density at radius 1 is 1.12 bits per heavy atom. The van der Waals surface area contributed by atoms with Crippen LogP contribution in [0, 0.1) is 5.82 Å². The Morgan fingerprint density at radius 2 is 1.84 bits per heavy atom. The zero-order valence-corrected chi connectivity index (χ0v) is 13.8. The van der Waals surface area contributed by atoms with Crippen molar-refractivity contribution >= 4 is 23.3 Å². The van der Waals surface area contributed by atoms with Crippen molar-refractivity contribution in [3.8, 4) is 11.1 Å². The molecule has 0 saturated heterocycles. The minimum atomic E-state index is -0.685. The van der Waals surface area contributed by atoms with Crippen LogP contribution in [-0.4, -0.2) is 15.9 Å². The number of hydrogen-bond acceptors (Lipinski definition) is 4. The van der Waals surface area contributed by atoms with E-state index in [1.54, 1.807) is 24.5 Å². The van der Waals surface area contributed by atoms with Crippen LogP contribution in [0.5, 0.6) is 0 Å². The van der Waals surface area contributed by atoms with Crippen LogP contribution in [0.3, 0.4) is 0 Å². The highest BCUT2D eigenvalue weighted by Gasteiger charge is 2.14. The van der Waals surface area contributed by atoms with Crippen molar-refractivity contribution in [2.75, 3.05) is 5.32 Å². The molecular formula is C18H14ClFN4O. The Balaban J connectivity index is 1.95. The third-order valence-electron chi connectivity index (χ3n) is 3.61. The number of halogens is 2. The Hall–Kier alpha value is -2.99. The number of nitrogens with one attached hydrogen (secondary N) is 1. The molecule has 0 fully saturated rings. The maximum absolute atomic E-state index is 14.4. The lowest BCUT2D eigenvalue weighted by Gasteiger charge is -2.13. The molecule has 5 nitrogen and oxygen atoms in total. The van der Waals surface area contributed by atoms with Crippen molar-refractivity contribution in [1.82, 2.24) is 9.97 Å². The third-order valence-corrected chi connectivity index (χ3v) is 3.82. The molecule has 25 heavy (non-hydrogen) atoms. The molecule has 7 heteroatoms. The number of aromatic nitrogens is 2. The molecule has 3 rings (SSSR count). The Kier molecular flexibility index (Phi) is 4.90. The number of hydrogen-bond donors (Lipinski definition) is 2. The van der Waals surface area contributed by atoms with Crippen LogP contribution < -0.4 is 11.1 Å². The Labute approximate surface area is 148 Å². The average Bonchev–Trinajstić information content (AvgIpc) is 2.61. The van der Waals surface area contributed by atoms with Gasteiger partial charge in [0.1, 0.15) is 16.8 Å². The number of carbonyl (C=O) groups excluding carboxylic acids is 1. The van der Waals surface area contributed by atoms with Crippen LogP contribution in [0.4, 0.5) is 10.2 Å². The largest absolute Gasteiger partial charge is 0.366 e. The molecular weight excluding hydrogens is 343 g/mol. The summed E-state index contributed by atoms with van der Waals surface area (Å²) in [6.07, 6.45) is 3.37. The molecule has 0 aliphatic carbocycles. The predicted molar refractivity (Wildman–Crippen MR) is 94.7 cm³/mol. The number of anilines is 1. The van der Waals surface area contributed by atoms with Gasteiger partial charge < -0.3 is 11.1 Å². The number of amides is 1. The van der Waals surface area contributed by atoms with Crippen LogP contribution in [0.15, 0.2) is 54.9 Å². The van der Waals surface area contributed by atoms with E-state index >= 15 is 0 Å². The van der Waals surface area contributed by atoms with Crippen LogP contribution >= 0.6 is 11.6 Å².